The Balaban J connectivity index is 1.14. The molecule has 0 aromatic heterocycles. The van der Waals surface area contributed by atoms with Crippen LogP contribution in [0.3, 0.4) is 0 Å². The fraction of sp³-hybridized carbons (Fsp3) is 0.652. The summed E-state index contributed by atoms with van der Waals surface area (Å²) in [6.07, 6.45) is 8.79. The molecular formula is C23H31N3O2. The van der Waals surface area contributed by atoms with Gasteiger partial charge in [0, 0.05) is 30.2 Å². The van der Waals surface area contributed by atoms with Gasteiger partial charge in [-0.3, -0.25) is 4.79 Å². The van der Waals surface area contributed by atoms with Crippen molar-refractivity contribution in [3.05, 3.63) is 29.8 Å². The van der Waals surface area contributed by atoms with Crippen LogP contribution >= 0.6 is 0 Å². The van der Waals surface area contributed by atoms with E-state index in [-0.39, 0.29) is 23.5 Å². The van der Waals surface area contributed by atoms with Gasteiger partial charge in [0.2, 0.25) is 5.91 Å². The van der Waals surface area contributed by atoms with Crippen LogP contribution in [0.2, 0.25) is 0 Å². The summed E-state index contributed by atoms with van der Waals surface area (Å²) >= 11 is 0. The number of rotatable bonds is 4. The molecule has 1 aliphatic heterocycles. The van der Waals surface area contributed by atoms with Gasteiger partial charge in [0.1, 0.15) is 0 Å². The fourth-order valence-electron chi connectivity index (χ4n) is 6.90. The molecule has 5 nitrogen and oxygen atoms in total. The number of carbonyl (C=O) groups is 2. The number of hydrogen-bond acceptors (Lipinski definition) is 2. The van der Waals surface area contributed by atoms with Gasteiger partial charge >= 0.3 is 6.03 Å². The number of fused-ring (bicyclic) bond motifs is 1. The van der Waals surface area contributed by atoms with E-state index in [1.165, 1.54) is 24.8 Å². The molecule has 1 atom stereocenters. The SMILES string of the molecule is CC1Cc2ccccc2N1C(=O)CCNC(=O)NC12CC3CC(CC(C3)C1)C2. The predicted molar refractivity (Wildman–Crippen MR) is 109 cm³/mol. The zero-order valence-corrected chi connectivity index (χ0v) is 16.7. The van der Waals surface area contributed by atoms with E-state index in [1.54, 1.807) is 0 Å². The van der Waals surface area contributed by atoms with E-state index in [1.807, 2.05) is 23.1 Å². The number of benzene rings is 1. The first kappa shape index (κ1) is 18.0. The largest absolute Gasteiger partial charge is 0.338 e. The Morgan fingerprint density at radius 2 is 1.71 bits per heavy atom. The summed E-state index contributed by atoms with van der Waals surface area (Å²) in [4.78, 5) is 27.2. The second kappa shape index (κ2) is 6.78. The van der Waals surface area contributed by atoms with Gasteiger partial charge in [-0.2, -0.15) is 0 Å². The second-order valence-corrected chi connectivity index (χ2v) is 9.77. The van der Waals surface area contributed by atoms with Gasteiger partial charge in [0.25, 0.3) is 0 Å². The lowest BCUT2D eigenvalue weighted by Crippen LogP contribution is -2.61. The lowest BCUT2D eigenvalue weighted by atomic mass is 9.53. The van der Waals surface area contributed by atoms with E-state index in [9.17, 15) is 9.59 Å². The third-order valence-corrected chi connectivity index (χ3v) is 7.52. The molecule has 5 aliphatic rings. The van der Waals surface area contributed by atoms with E-state index in [4.69, 9.17) is 0 Å². The number of urea groups is 1. The Kier molecular flexibility index (Phi) is 4.37. The van der Waals surface area contributed by atoms with Crippen LogP contribution < -0.4 is 15.5 Å². The second-order valence-electron chi connectivity index (χ2n) is 9.77. The average molecular weight is 382 g/mol. The van der Waals surface area contributed by atoms with Gasteiger partial charge in [-0.05, 0) is 81.3 Å². The summed E-state index contributed by atoms with van der Waals surface area (Å²) in [6, 6.07) is 8.21. The molecule has 4 aliphatic carbocycles. The smallest absolute Gasteiger partial charge is 0.315 e. The molecule has 0 radical (unpaired) electrons. The number of carbonyl (C=O) groups excluding carboxylic acids is 2. The van der Waals surface area contributed by atoms with Crippen molar-refractivity contribution in [3.8, 4) is 0 Å². The molecule has 6 rings (SSSR count). The minimum atomic E-state index is -0.0929. The summed E-state index contributed by atoms with van der Waals surface area (Å²) in [5, 5.41) is 6.27. The highest BCUT2D eigenvalue weighted by atomic mass is 16.2. The van der Waals surface area contributed by atoms with E-state index >= 15 is 0 Å². The van der Waals surface area contributed by atoms with Crippen molar-refractivity contribution < 1.29 is 9.59 Å². The molecule has 2 N–H and O–H groups in total. The Bertz CT molecular complexity index is 755. The fourth-order valence-corrected chi connectivity index (χ4v) is 6.90. The molecule has 5 heteroatoms. The van der Waals surface area contributed by atoms with Crippen molar-refractivity contribution in [1.29, 1.82) is 0 Å². The molecule has 28 heavy (non-hydrogen) atoms. The highest BCUT2D eigenvalue weighted by molar-refractivity contribution is 5.96. The van der Waals surface area contributed by atoms with Crippen LogP contribution in [-0.4, -0.2) is 30.1 Å². The molecule has 4 saturated carbocycles. The molecule has 1 aromatic carbocycles. The normalized spacial score (nSPS) is 35.0. The summed E-state index contributed by atoms with van der Waals surface area (Å²) in [5.41, 5.74) is 2.28. The van der Waals surface area contributed by atoms with Crippen molar-refractivity contribution in [2.45, 2.75) is 69.9 Å². The Morgan fingerprint density at radius 1 is 1.07 bits per heavy atom. The zero-order chi connectivity index (χ0) is 19.3. The lowest BCUT2D eigenvalue weighted by molar-refractivity contribution is -0.118. The molecule has 3 amide bonds. The Hall–Kier alpha value is -2.04. The van der Waals surface area contributed by atoms with Crippen LogP contribution in [0.5, 0.6) is 0 Å². The molecule has 0 spiro atoms. The summed E-state index contributed by atoms with van der Waals surface area (Å²) in [6.45, 7) is 2.48. The van der Waals surface area contributed by atoms with Gasteiger partial charge in [0.15, 0.2) is 0 Å². The van der Waals surface area contributed by atoms with Gasteiger partial charge in [-0.1, -0.05) is 18.2 Å². The van der Waals surface area contributed by atoms with Crippen LogP contribution in [0, 0.1) is 17.8 Å². The molecule has 0 saturated heterocycles. The predicted octanol–water partition coefficient (Wildman–Crippen LogP) is 3.62. The highest BCUT2D eigenvalue weighted by Gasteiger charge is 2.51. The van der Waals surface area contributed by atoms with E-state index in [0.29, 0.717) is 13.0 Å². The quantitative estimate of drug-likeness (QED) is 0.837. The van der Waals surface area contributed by atoms with Gasteiger partial charge in [-0.25, -0.2) is 4.79 Å². The topological polar surface area (TPSA) is 61.4 Å². The number of anilines is 1. The summed E-state index contributed by atoms with van der Waals surface area (Å²) in [5.74, 6) is 2.52. The molecule has 1 unspecified atom stereocenters. The van der Waals surface area contributed by atoms with Crippen LogP contribution in [0.4, 0.5) is 10.5 Å². The first-order valence-electron chi connectivity index (χ1n) is 11.0. The Labute approximate surface area is 167 Å². The van der Waals surface area contributed by atoms with Crippen LogP contribution in [-0.2, 0) is 11.2 Å². The minimum Gasteiger partial charge on any atom is -0.338 e. The highest BCUT2D eigenvalue weighted by Crippen LogP contribution is 2.55. The standard InChI is InChI=1S/C23H31N3O2/c1-15-8-19-4-2-3-5-20(19)26(15)21(27)6-7-24-22(28)25-23-12-16-9-17(13-23)11-18(10-16)14-23/h2-5,15-18H,6-14H2,1H3,(H2,24,25,28). The maximum absolute atomic E-state index is 12.8. The Morgan fingerprint density at radius 3 is 2.39 bits per heavy atom. The maximum atomic E-state index is 12.8. The zero-order valence-electron chi connectivity index (χ0n) is 16.7. The van der Waals surface area contributed by atoms with Crippen molar-refractivity contribution in [3.63, 3.8) is 0 Å². The molecule has 1 heterocycles. The van der Waals surface area contributed by atoms with E-state index in [0.717, 1.165) is 49.1 Å². The van der Waals surface area contributed by atoms with E-state index < -0.39 is 0 Å². The summed E-state index contributed by atoms with van der Waals surface area (Å²) < 4.78 is 0. The van der Waals surface area contributed by atoms with E-state index in [2.05, 4.69) is 23.6 Å². The number of amides is 3. The third-order valence-electron chi connectivity index (χ3n) is 7.52. The third kappa shape index (κ3) is 3.19. The number of hydrogen-bond donors (Lipinski definition) is 2. The van der Waals surface area contributed by atoms with Crippen LogP contribution in [0.15, 0.2) is 24.3 Å². The minimum absolute atomic E-state index is 0.0191. The number of nitrogens with one attached hydrogen (secondary N) is 2. The number of para-hydroxylation sites is 1. The number of nitrogens with zero attached hydrogens (tertiary/aromatic N) is 1. The van der Waals surface area contributed by atoms with Crippen LogP contribution in [0.25, 0.3) is 0 Å². The van der Waals surface area contributed by atoms with Gasteiger partial charge in [-0.15, -0.1) is 0 Å². The van der Waals surface area contributed by atoms with Crippen molar-refractivity contribution in [2.75, 3.05) is 11.4 Å². The lowest BCUT2D eigenvalue weighted by Gasteiger charge is -2.56. The molecule has 4 fully saturated rings. The van der Waals surface area contributed by atoms with Crippen LogP contribution in [0.1, 0.15) is 57.4 Å². The van der Waals surface area contributed by atoms with Crippen molar-refractivity contribution >= 4 is 17.6 Å². The molecular weight excluding hydrogens is 350 g/mol. The first-order valence-corrected chi connectivity index (χ1v) is 11.0. The molecule has 4 bridgehead atoms. The molecule has 1 aromatic rings. The van der Waals surface area contributed by atoms with Crippen molar-refractivity contribution in [1.82, 2.24) is 10.6 Å². The first-order chi connectivity index (χ1) is 13.5. The van der Waals surface area contributed by atoms with Gasteiger partial charge in [0.05, 0.1) is 0 Å². The van der Waals surface area contributed by atoms with Gasteiger partial charge < -0.3 is 15.5 Å². The van der Waals surface area contributed by atoms with Crippen molar-refractivity contribution in [2.24, 2.45) is 17.8 Å². The average Bonchev–Trinajstić information content (AvgIpc) is 2.95. The monoisotopic (exact) mass is 381 g/mol. The maximum Gasteiger partial charge on any atom is 0.315 e. The summed E-state index contributed by atoms with van der Waals surface area (Å²) in [7, 11) is 0. The molecule has 150 valence electrons.